The highest BCUT2D eigenvalue weighted by atomic mass is 19.1. The van der Waals surface area contributed by atoms with Crippen LogP contribution in [0.3, 0.4) is 0 Å². The van der Waals surface area contributed by atoms with Crippen LogP contribution in [0.4, 0.5) is 4.39 Å². The summed E-state index contributed by atoms with van der Waals surface area (Å²) in [5, 5.41) is 10.6. The first-order valence-corrected chi connectivity index (χ1v) is 12.7. The van der Waals surface area contributed by atoms with Gasteiger partial charge in [-0.05, 0) is 109 Å². The summed E-state index contributed by atoms with van der Waals surface area (Å²) in [6.07, 6.45) is 5.20. The average molecular weight is 454 g/mol. The number of nitrogens with one attached hydrogen (secondary N) is 2. The smallest absolute Gasteiger partial charge is 0.132 e. The molecule has 2 saturated heterocycles. The molecule has 2 fully saturated rings. The largest absolute Gasteiger partial charge is 0.317 e. The first-order valence-electron chi connectivity index (χ1n) is 12.7. The normalized spacial score (nSPS) is 21.8. The van der Waals surface area contributed by atoms with Crippen LogP contribution in [-0.2, 0) is 0 Å². The number of aromatic nitrogens is 1. The summed E-state index contributed by atoms with van der Waals surface area (Å²) in [6.45, 7) is 6.34. The van der Waals surface area contributed by atoms with Crippen LogP contribution >= 0.6 is 0 Å². The molecular formula is C30H32FN3. The molecule has 2 N–H and O–H groups in total. The maximum Gasteiger partial charge on any atom is 0.132 e. The van der Waals surface area contributed by atoms with Crippen LogP contribution in [0, 0.1) is 12.7 Å². The molecule has 3 aromatic carbocycles. The molecule has 0 amide bonds. The van der Waals surface area contributed by atoms with E-state index in [2.05, 4.69) is 52.9 Å². The van der Waals surface area contributed by atoms with Gasteiger partial charge < -0.3 is 10.6 Å². The van der Waals surface area contributed by atoms with Crippen molar-refractivity contribution >= 4 is 21.7 Å². The third-order valence-corrected chi connectivity index (χ3v) is 8.10. The van der Waals surface area contributed by atoms with Gasteiger partial charge in [0.05, 0.1) is 5.52 Å². The molecule has 2 aliphatic rings. The van der Waals surface area contributed by atoms with E-state index in [0.29, 0.717) is 23.1 Å². The zero-order valence-electron chi connectivity index (χ0n) is 19.8. The zero-order chi connectivity index (χ0) is 23.1. The van der Waals surface area contributed by atoms with Crippen LogP contribution in [0.15, 0.2) is 60.8 Å². The van der Waals surface area contributed by atoms with Crippen molar-refractivity contribution in [3.05, 3.63) is 88.9 Å². The fourth-order valence-corrected chi connectivity index (χ4v) is 6.37. The van der Waals surface area contributed by atoms with Gasteiger partial charge in [0.1, 0.15) is 5.82 Å². The molecule has 4 aromatic rings. The number of pyridine rings is 1. The predicted octanol–water partition coefficient (Wildman–Crippen LogP) is 6.16. The number of rotatable bonds is 3. The maximum absolute atomic E-state index is 14.5. The number of nitrogens with zero attached hydrogens (tertiary/aromatic N) is 1. The van der Waals surface area contributed by atoms with E-state index in [9.17, 15) is 4.39 Å². The van der Waals surface area contributed by atoms with Crippen LogP contribution in [0.5, 0.6) is 0 Å². The monoisotopic (exact) mass is 453 g/mol. The Morgan fingerprint density at radius 2 is 1.62 bits per heavy atom. The van der Waals surface area contributed by atoms with Gasteiger partial charge in [-0.15, -0.1) is 0 Å². The van der Waals surface area contributed by atoms with Gasteiger partial charge in [0.15, 0.2) is 0 Å². The highest BCUT2D eigenvalue weighted by Gasteiger charge is 2.30. The molecule has 4 heteroatoms. The molecule has 34 heavy (non-hydrogen) atoms. The first kappa shape index (κ1) is 21.7. The minimum absolute atomic E-state index is 0.189. The van der Waals surface area contributed by atoms with Gasteiger partial charge in [-0.3, -0.25) is 4.98 Å². The van der Waals surface area contributed by atoms with Crippen LogP contribution in [0.2, 0.25) is 0 Å². The molecule has 2 unspecified atom stereocenters. The predicted molar refractivity (Wildman–Crippen MR) is 138 cm³/mol. The fraction of sp³-hybridized carbons (Fsp3) is 0.367. The molecule has 0 saturated carbocycles. The first-order chi connectivity index (χ1) is 16.7. The van der Waals surface area contributed by atoms with Crippen molar-refractivity contribution in [2.24, 2.45) is 0 Å². The van der Waals surface area contributed by atoms with Gasteiger partial charge in [-0.25, -0.2) is 4.39 Å². The van der Waals surface area contributed by atoms with E-state index in [-0.39, 0.29) is 5.82 Å². The van der Waals surface area contributed by atoms with Crippen molar-refractivity contribution in [2.45, 2.75) is 43.9 Å². The van der Waals surface area contributed by atoms with E-state index >= 15 is 0 Å². The van der Waals surface area contributed by atoms with Gasteiger partial charge in [-0.1, -0.05) is 36.4 Å². The Labute approximate surface area is 200 Å². The third kappa shape index (κ3) is 3.79. The minimum atomic E-state index is -0.189. The van der Waals surface area contributed by atoms with Gasteiger partial charge in [0, 0.05) is 24.0 Å². The van der Waals surface area contributed by atoms with Gasteiger partial charge in [0.2, 0.25) is 0 Å². The van der Waals surface area contributed by atoms with E-state index in [1.807, 2.05) is 18.2 Å². The molecule has 1 aromatic heterocycles. The second-order valence-corrected chi connectivity index (χ2v) is 10.0. The molecule has 3 nitrogen and oxygen atoms in total. The Bertz CT molecular complexity index is 1340. The molecular weight excluding hydrogens is 421 g/mol. The Morgan fingerprint density at radius 3 is 2.50 bits per heavy atom. The lowest BCUT2D eigenvalue weighted by Crippen LogP contribution is -2.34. The minimum Gasteiger partial charge on any atom is -0.317 e. The Hall–Kier alpha value is -2.82. The van der Waals surface area contributed by atoms with Gasteiger partial charge in [0.25, 0.3) is 0 Å². The van der Waals surface area contributed by atoms with Crippen molar-refractivity contribution in [1.29, 1.82) is 0 Å². The standard InChI is InChI=1S/C30H32FN3/c1-19-16-21(17-27-22(19)4-2-5-23(27)20-9-13-32-14-10-20)28-18-33-15-11-24(28)25-7-8-29(31)26-6-3-12-34-30(25)26/h2-8,12,16-17,20,24,28,32-33H,9-11,13-15,18H2,1H3. The summed E-state index contributed by atoms with van der Waals surface area (Å²) in [5.74, 6) is 1.06. The second-order valence-electron chi connectivity index (χ2n) is 10.0. The zero-order valence-corrected chi connectivity index (χ0v) is 19.8. The topological polar surface area (TPSA) is 37.0 Å². The number of fused-ring (bicyclic) bond motifs is 2. The van der Waals surface area contributed by atoms with Crippen molar-refractivity contribution < 1.29 is 4.39 Å². The Morgan fingerprint density at radius 1 is 0.794 bits per heavy atom. The fourth-order valence-electron chi connectivity index (χ4n) is 6.37. The molecule has 0 bridgehead atoms. The van der Waals surface area contributed by atoms with E-state index < -0.39 is 0 Å². The summed E-state index contributed by atoms with van der Waals surface area (Å²) in [4.78, 5) is 4.62. The molecule has 3 heterocycles. The molecule has 0 spiro atoms. The van der Waals surface area contributed by atoms with Crippen molar-refractivity contribution in [3.8, 4) is 0 Å². The van der Waals surface area contributed by atoms with Crippen LogP contribution < -0.4 is 10.6 Å². The van der Waals surface area contributed by atoms with Crippen LogP contribution in [-0.4, -0.2) is 31.2 Å². The van der Waals surface area contributed by atoms with E-state index in [0.717, 1.165) is 38.1 Å². The quantitative estimate of drug-likeness (QED) is 0.390. The van der Waals surface area contributed by atoms with Crippen molar-refractivity contribution in [1.82, 2.24) is 15.6 Å². The lowest BCUT2D eigenvalue weighted by molar-refractivity contribution is 0.405. The summed E-state index contributed by atoms with van der Waals surface area (Å²) in [7, 11) is 0. The summed E-state index contributed by atoms with van der Waals surface area (Å²) in [6, 6.07) is 19.0. The van der Waals surface area contributed by atoms with E-state index in [4.69, 9.17) is 0 Å². The number of aryl methyl sites for hydroxylation is 1. The average Bonchev–Trinajstić information content (AvgIpc) is 2.89. The Balaban J connectivity index is 1.47. The van der Waals surface area contributed by atoms with Crippen LogP contribution in [0.25, 0.3) is 21.7 Å². The molecule has 2 atom stereocenters. The van der Waals surface area contributed by atoms with Crippen LogP contribution in [0.1, 0.15) is 59.3 Å². The summed E-state index contributed by atoms with van der Waals surface area (Å²) >= 11 is 0. The SMILES string of the molecule is Cc1cc(C2CNCCC2c2ccc(F)c3cccnc23)cc2c(C3CCNCC3)cccc12. The lowest BCUT2D eigenvalue weighted by Gasteiger charge is -2.34. The van der Waals surface area contributed by atoms with E-state index in [1.54, 1.807) is 12.3 Å². The van der Waals surface area contributed by atoms with Crippen molar-refractivity contribution in [2.75, 3.05) is 26.2 Å². The highest BCUT2D eigenvalue weighted by Crippen LogP contribution is 2.42. The maximum atomic E-state index is 14.5. The number of hydrogen-bond acceptors (Lipinski definition) is 3. The number of piperidine rings is 2. The number of hydrogen-bond donors (Lipinski definition) is 2. The van der Waals surface area contributed by atoms with Gasteiger partial charge >= 0.3 is 0 Å². The molecule has 174 valence electrons. The van der Waals surface area contributed by atoms with E-state index in [1.165, 1.54) is 45.9 Å². The van der Waals surface area contributed by atoms with Gasteiger partial charge in [-0.2, -0.15) is 0 Å². The summed E-state index contributed by atoms with van der Waals surface area (Å²) < 4.78 is 14.5. The lowest BCUT2D eigenvalue weighted by atomic mass is 9.75. The molecule has 6 rings (SSSR count). The highest BCUT2D eigenvalue weighted by molar-refractivity contribution is 5.90. The third-order valence-electron chi connectivity index (χ3n) is 8.10. The number of benzene rings is 3. The molecule has 2 aliphatic heterocycles. The van der Waals surface area contributed by atoms with Crippen molar-refractivity contribution in [3.63, 3.8) is 0 Å². The number of halogens is 1. The summed E-state index contributed by atoms with van der Waals surface area (Å²) in [5.41, 5.74) is 6.21. The Kier molecular flexibility index (Phi) is 5.80. The molecule has 0 radical (unpaired) electrons. The molecule has 0 aliphatic carbocycles. The second kappa shape index (κ2) is 9.09.